The van der Waals surface area contributed by atoms with Crippen LogP contribution in [0.1, 0.15) is 16.9 Å². The fourth-order valence-electron chi connectivity index (χ4n) is 1.36. The van der Waals surface area contributed by atoms with Crippen molar-refractivity contribution in [2.45, 2.75) is 12.5 Å². The van der Waals surface area contributed by atoms with Crippen molar-refractivity contribution in [2.75, 3.05) is 6.61 Å². The second-order valence-electron chi connectivity index (χ2n) is 3.43. The van der Waals surface area contributed by atoms with Gasteiger partial charge in [0.05, 0.1) is 21.7 Å². The van der Waals surface area contributed by atoms with Gasteiger partial charge in [-0.15, -0.1) is 0 Å². The molecule has 5 nitrogen and oxygen atoms in total. The van der Waals surface area contributed by atoms with Gasteiger partial charge in [0.2, 0.25) is 6.10 Å². The van der Waals surface area contributed by atoms with Crippen LogP contribution >= 0.6 is 34.8 Å². The summed E-state index contributed by atoms with van der Waals surface area (Å²) in [6.07, 6.45) is 0.563. The number of carbonyl (C=O) groups excluding carboxylic acids is 2. The van der Waals surface area contributed by atoms with E-state index in [0.29, 0.717) is 6.42 Å². The Balaban J connectivity index is 2.19. The topological polar surface area (TPSA) is 65.5 Å². The van der Waals surface area contributed by atoms with Crippen LogP contribution in [0.25, 0.3) is 0 Å². The Hall–Kier alpha value is -1.04. The van der Waals surface area contributed by atoms with Crippen LogP contribution < -0.4 is 0 Å². The van der Waals surface area contributed by atoms with Gasteiger partial charge >= 0.3 is 11.9 Å². The molecule has 1 aliphatic heterocycles. The van der Waals surface area contributed by atoms with Crippen molar-refractivity contribution < 1.29 is 19.1 Å². The van der Waals surface area contributed by atoms with Crippen molar-refractivity contribution in [1.29, 1.82) is 0 Å². The quantitative estimate of drug-likeness (QED) is 0.785. The highest BCUT2D eigenvalue weighted by Gasteiger charge is 2.31. The maximum Gasteiger partial charge on any atom is 0.359 e. The van der Waals surface area contributed by atoms with E-state index in [2.05, 4.69) is 9.72 Å². The van der Waals surface area contributed by atoms with E-state index >= 15 is 0 Å². The van der Waals surface area contributed by atoms with Gasteiger partial charge in [-0.2, -0.15) is 0 Å². The van der Waals surface area contributed by atoms with Gasteiger partial charge in [0, 0.05) is 12.6 Å². The molecule has 18 heavy (non-hydrogen) atoms. The maximum absolute atomic E-state index is 11.8. The number of carbonyl (C=O) groups is 2. The van der Waals surface area contributed by atoms with Gasteiger partial charge in [-0.1, -0.05) is 34.8 Å². The third-order valence-electron chi connectivity index (χ3n) is 2.25. The molecule has 1 aliphatic rings. The van der Waals surface area contributed by atoms with E-state index in [1.165, 1.54) is 6.20 Å². The second kappa shape index (κ2) is 5.30. The first-order valence-electron chi connectivity index (χ1n) is 4.88. The Morgan fingerprint density at radius 1 is 1.39 bits per heavy atom. The van der Waals surface area contributed by atoms with Crippen LogP contribution in [0.3, 0.4) is 0 Å². The molecule has 0 spiro atoms. The molecule has 0 unspecified atom stereocenters. The van der Waals surface area contributed by atoms with Crippen molar-refractivity contribution in [3.63, 3.8) is 0 Å². The molecule has 8 heteroatoms. The molecule has 0 N–H and O–H groups in total. The number of hydrogen-bond donors (Lipinski definition) is 0. The molecular weight excluding hydrogens is 304 g/mol. The van der Waals surface area contributed by atoms with Crippen LogP contribution in [0.4, 0.5) is 0 Å². The number of aromatic nitrogens is 1. The Kier molecular flexibility index (Phi) is 3.94. The van der Waals surface area contributed by atoms with E-state index in [1.807, 2.05) is 0 Å². The van der Waals surface area contributed by atoms with E-state index in [0.717, 1.165) is 0 Å². The molecule has 0 radical (unpaired) electrons. The second-order valence-corrected chi connectivity index (χ2v) is 4.60. The summed E-state index contributed by atoms with van der Waals surface area (Å²) in [7, 11) is 0. The van der Waals surface area contributed by atoms with E-state index in [-0.39, 0.29) is 27.4 Å². The Labute approximate surface area is 117 Å². The zero-order chi connectivity index (χ0) is 13.3. The first-order chi connectivity index (χ1) is 8.50. The summed E-state index contributed by atoms with van der Waals surface area (Å²) in [4.78, 5) is 26.6. The molecule has 1 saturated heterocycles. The van der Waals surface area contributed by atoms with E-state index < -0.39 is 18.0 Å². The van der Waals surface area contributed by atoms with Crippen LogP contribution in [-0.2, 0) is 14.3 Å². The molecule has 1 fully saturated rings. The van der Waals surface area contributed by atoms with Crippen LogP contribution in [0, 0.1) is 0 Å². The highest BCUT2D eigenvalue weighted by atomic mass is 35.5. The summed E-state index contributed by atoms with van der Waals surface area (Å²) < 4.78 is 9.58. The number of nitrogens with zero attached hydrogens (tertiary/aromatic N) is 1. The largest absolute Gasteiger partial charge is 0.463 e. The van der Waals surface area contributed by atoms with Crippen molar-refractivity contribution in [3.05, 3.63) is 27.0 Å². The molecule has 1 aromatic rings. The molecule has 0 aliphatic carbocycles. The summed E-state index contributed by atoms with van der Waals surface area (Å²) >= 11 is 17.3. The summed E-state index contributed by atoms with van der Waals surface area (Å²) in [5.74, 6) is -1.43. The van der Waals surface area contributed by atoms with E-state index in [1.54, 1.807) is 0 Å². The Morgan fingerprint density at radius 2 is 2.11 bits per heavy atom. The zero-order valence-corrected chi connectivity index (χ0v) is 11.1. The van der Waals surface area contributed by atoms with Crippen LogP contribution in [0.2, 0.25) is 15.1 Å². The SMILES string of the molecule is O=C(O[C@H]1CCOC1=O)c1ncc(Cl)c(Cl)c1Cl. The third-order valence-corrected chi connectivity index (χ3v) is 3.49. The van der Waals surface area contributed by atoms with Gasteiger partial charge < -0.3 is 9.47 Å². The van der Waals surface area contributed by atoms with Gasteiger partial charge in [0.15, 0.2) is 5.69 Å². The normalized spacial score (nSPS) is 18.6. The number of cyclic esters (lactones) is 1. The molecule has 0 aromatic carbocycles. The highest BCUT2D eigenvalue weighted by Crippen LogP contribution is 2.31. The number of hydrogen-bond acceptors (Lipinski definition) is 5. The molecule has 0 amide bonds. The molecule has 0 saturated carbocycles. The lowest BCUT2D eigenvalue weighted by Crippen LogP contribution is -2.23. The van der Waals surface area contributed by atoms with Gasteiger partial charge in [0.25, 0.3) is 0 Å². The third kappa shape index (κ3) is 2.53. The molecule has 2 heterocycles. The lowest BCUT2D eigenvalue weighted by Gasteiger charge is -2.09. The summed E-state index contributed by atoms with van der Waals surface area (Å²) in [6, 6.07) is 0. The zero-order valence-electron chi connectivity index (χ0n) is 8.78. The summed E-state index contributed by atoms with van der Waals surface area (Å²) in [6.45, 7) is 0.222. The average Bonchev–Trinajstić information content (AvgIpc) is 2.72. The summed E-state index contributed by atoms with van der Waals surface area (Å²) in [5.41, 5.74) is -0.189. The number of halogens is 3. The lowest BCUT2D eigenvalue weighted by molar-refractivity contribution is -0.145. The fourth-order valence-corrected chi connectivity index (χ4v) is 1.91. The Morgan fingerprint density at radius 3 is 2.72 bits per heavy atom. The van der Waals surface area contributed by atoms with Crippen LogP contribution in [-0.4, -0.2) is 29.6 Å². The van der Waals surface area contributed by atoms with Crippen LogP contribution in [0.5, 0.6) is 0 Å². The van der Waals surface area contributed by atoms with E-state index in [9.17, 15) is 9.59 Å². The first kappa shape index (κ1) is 13.4. The predicted molar refractivity (Wildman–Crippen MR) is 64.0 cm³/mol. The standard InChI is InChI=1S/C10H6Cl3NO4/c11-4-3-14-8(7(13)6(4)12)10(16)18-5-1-2-17-9(5)15/h3,5H,1-2H2/t5-/m0/s1. The fraction of sp³-hybridized carbons (Fsp3) is 0.300. The van der Waals surface area contributed by atoms with Crippen molar-refractivity contribution in [1.82, 2.24) is 4.98 Å². The smallest absolute Gasteiger partial charge is 0.359 e. The minimum absolute atomic E-state index is 0.00859. The van der Waals surface area contributed by atoms with E-state index in [4.69, 9.17) is 39.5 Å². The predicted octanol–water partition coefficient (Wildman–Crippen LogP) is 2.51. The lowest BCUT2D eigenvalue weighted by atomic mass is 10.3. The minimum Gasteiger partial charge on any atom is -0.463 e. The summed E-state index contributed by atoms with van der Waals surface area (Å²) in [5, 5.41) is 0.0216. The highest BCUT2D eigenvalue weighted by molar-refractivity contribution is 6.48. The van der Waals surface area contributed by atoms with Gasteiger partial charge in [-0.3, -0.25) is 0 Å². The number of esters is 2. The molecule has 2 rings (SSSR count). The first-order valence-corrected chi connectivity index (χ1v) is 6.01. The molecule has 0 bridgehead atoms. The number of ether oxygens (including phenoxy) is 2. The number of rotatable bonds is 2. The average molecular weight is 311 g/mol. The van der Waals surface area contributed by atoms with Crippen molar-refractivity contribution in [2.24, 2.45) is 0 Å². The van der Waals surface area contributed by atoms with Crippen molar-refractivity contribution in [3.8, 4) is 0 Å². The molecule has 96 valence electrons. The molecular formula is C10H6Cl3NO4. The van der Waals surface area contributed by atoms with Gasteiger partial charge in [-0.05, 0) is 0 Å². The van der Waals surface area contributed by atoms with Crippen LogP contribution in [0.15, 0.2) is 6.20 Å². The van der Waals surface area contributed by atoms with Crippen molar-refractivity contribution >= 4 is 46.7 Å². The van der Waals surface area contributed by atoms with Gasteiger partial charge in [0.1, 0.15) is 0 Å². The maximum atomic E-state index is 11.8. The molecule has 1 aromatic heterocycles. The monoisotopic (exact) mass is 309 g/mol. The minimum atomic E-state index is -0.926. The molecule has 1 atom stereocenters. The van der Waals surface area contributed by atoms with Gasteiger partial charge in [-0.25, -0.2) is 14.6 Å². The Bertz CT molecular complexity index is 520. The number of pyridine rings is 1.